The van der Waals surface area contributed by atoms with Crippen LogP contribution < -0.4 is 4.90 Å². The molecule has 0 radical (unpaired) electrons. The van der Waals surface area contributed by atoms with E-state index in [2.05, 4.69) is 6.08 Å². The van der Waals surface area contributed by atoms with E-state index in [-0.39, 0.29) is 35.5 Å². The fourth-order valence-corrected chi connectivity index (χ4v) is 4.11. The Morgan fingerprint density at radius 2 is 1.67 bits per heavy atom. The fraction of sp³-hybridized carbons (Fsp3) is 0.300. The van der Waals surface area contributed by atoms with Crippen molar-refractivity contribution in [1.29, 1.82) is 0 Å². The highest BCUT2D eigenvalue weighted by Gasteiger charge is 2.55. The van der Waals surface area contributed by atoms with Crippen LogP contribution in [-0.4, -0.2) is 18.9 Å². The normalized spacial score (nSPS) is 31.3. The number of hydrogen-bond acceptors (Lipinski definition) is 3. The van der Waals surface area contributed by atoms with E-state index in [1.54, 1.807) is 7.11 Å². The molecule has 1 heterocycles. The number of benzene rings is 1. The molecule has 1 aromatic rings. The maximum atomic E-state index is 13.1. The number of carbonyl (C=O) groups is 2. The lowest BCUT2D eigenvalue weighted by molar-refractivity contribution is -0.122. The lowest BCUT2D eigenvalue weighted by atomic mass is 9.67. The molecule has 1 aliphatic heterocycles. The summed E-state index contributed by atoms with van der Waals surface area (Å²) >= 11 is 0. The molecule has 1 saturated heterocycles. The predicted molar refractivity (Wildman–Crippen MR) is 90.9 cm³/mol. The number of amides is 2. The number of rotatable bonds is 2. The van der Waals surface area contributed by atoms with Crippen LogP contribution in [0.3, 0.4) is 0 Å². The summed E-state index contributed by atoms with van der Waals surface area (Å²) < 4.78 is 5.33. The Bertz CT molecular complexity index is 790. The van der Waals surface area contributed by atoms with Crippen molar-refractivity contribution in [1.82, 2.24) is 0 Å². The fourth-order valence-electron chi connectivity index (χ4n) is 4.11. The Kier molecular flexibility index (Phi) is 3.41. The van der Waals surface area contributed by atoms with Gasteiger partial charge in [-0.25, -0.2) is 0 Å². The summed E-state index contributed by atoms with van der Waals surface area (Å²) in [4.78, 5) is 27.5. The average molecular weight is 321 g/mol. The van der Waals surface area contributed by atoms with Gasteiger partial charge in [-0.15, -0.1) is 0 Å². The summed E-state index contributed by atoms with van der Waals surface area (Å²) in [6, 6.07) is 9.19. The largest absolute Gasteiger partial charge is 0.497 e. The van der Waals surface area contributed by atoms with Crippen molar-refractivity contribution < 1.29 is 14.3 Å². The summed E-state index contributed by atoms with van der Waals surface area (Å²) in [5.74, 6) is -0.203. The van der Waals surface area contributed by atoms with Crippen LogP contribution in [0.5, 0.6) is 0 Å². The molecule has 1 fully saturated rings. The molecule has 0 bridgehead atoms. The molecule has 24 heavy (non-hydrogen) atoms. The number of anilines is 1. The van der Waals surface area contributed by atoms with Gasteiger partial charge in [-0.2, -0.15) is 0 Å². The quantitative estimate of drug-likeness (QED) is 0.787. The van der Waals surface area contributed by atoms with Crippen LogP contribution in [0.25, 0.3) is 0 Å². The minimum atomic E-state index is -0.359. The molecule has 4 unspecified atom stereocenters. The monoisotopic (exact) mass is 321 g/mol. The summed E-state index contributed by atoms with van der Waals surface area (Å²) in [5.41, 5.74) is 1.75. The van der Waals surface area contributed by atoms with Crippen molar-refractivity contribution in [3.63, 3.8) is 0 Å². The molecule has 0 saturated carbocycles. The van der Waals surface area contributed by atoms with Gasteiger partial charge in [-0.1, -0.05) is 37.3 Å². The SMILES string of the molecule is COC1=CC2C(=CC(C)C3C(=O)N(c4ccccc4)C(=O)C23)C=C1. The number of fused-ring (bicyclic) bond motifs is 3. The first kappa shape index (κ1) is 14.9. The van der Waals surface area contributed by atoms with Crippen LogP contribution in [0.15, 0.2) is 66.0 Å². The lowest BCUT2D eigenvalue weighted by Crippen LogP contribution is -2.35. The molecule has 0 N–H and O–H groups in total. The molecule has 4 heteroatoms. The zero-order valence-corrected chi connectivity index (χ0v) is 13.7. The highest BCUT2D eigenvalue weighted by molar-refractivity contribution is 6.22. The van der Waals surface area contributed by atoms with E-state index >= 15 is 0 Å². The zero-order valence-electron chi connectivity index (χ0n) is 13.7. The Morgan fingerprint density at radius 1 is 0.958 bits per heavy atom. The minimum Gasteiger partial charge on any atom is -0.497 e. The molecule has 3 aliphatic rings. The van der Waals surface area contributed by atoms with Gasteiger partial charge in [0, 0.05) is 5.92 Å². The van der Waals surface area contributed by atoms with Crippen molar-refractivity contribution >= 4 is 17.5 Å². The lowest BCUT2D eigenvalue weighted by Gasteiger charge is -2.33. The number of carbonyl (C=O) groups excluding carboxylic acids is 2. The van der Waals surface area contributed by atoms with Gasteiger partial charge in [0.25, 0.3) is 0 Å². The number of methoxy groups -OCH3 is 1. The van der Waals surface area contributed by atoms with Crippen molar-refractivity contribution in [2.45, 2.75) is 6.92 Å². The maximum absolute atomic E-state index is 13.1. The average Bonchev–Trinajstić information content (AvgIpc) is 2.87. The highest BCUT2D eigenvalue weighted by atomic mass is 16.5. The second-order valence-corrected chi connectivity index (χ2v) is 6.56. The van der Waals surface area contributed by atoms with Gasteiger partial charge in [0.05, 0.1) is 24.6 Å². The minimum absolute atomic E-state index is 0.0357. The third-order valence-corrected chi connectivity index (χ3v) is 5.23. The number of hydrogen-bond donors (Lipinski definition) is 0. The van der Waals surface area contributed by atoms with Gasteiger partial charge < -0.3 is 4.74 Å². The van der Waals surface area contributed by atoms with E-state index in [9.17, 15) is 9.59 Å². The summed E-state index contributed by atoms with van der Waals surface area (Å²) in [5, 5.41) is 0. The van der Waals surface area contributed by atoms with Gasteiger partial charge in [-0.05, 0) is 35.8 Å². The standard InChI is InChI=1S/C20H19NO3/c1-12-10-13-8-9-15(24-2)11-16(13)18-17(12)19(22)21(20(18)23)14-6-4-3-5-7-14/h3-12,16-18H,1-2H3. The third-order valence-electron chi connectivity index (χ3n) is 5.23. The van der Waals surface area contributed by atoms with Crippen LogP contribution in [0.2, 0.25) is 0 Å². The van der Waals surface area contributed by atoms with E-state index in [1.807, 2.05) is 55.5 Å². The second-order valence-electron chi connectivity index (χ2n) is 6.56. The van der Waals surface area contributed by atoms with Crippen molar-refractivity contribution in [2.75, 3.05) is 12.0 Å². The molecule has 0 spiro atoms. The summed E-state index contributed by atoms with van der Waals surface area (Å²) in [6.45, 7) is 2.02. The first-order valence-electron chi connectivity index (χ1n) is 8.20. The first-order valence-corrected chi connectivity index (χ1v) is 8.20. The van der Waals surface area contributed by atoms with Crippen LogP contribution >= 0.6 is 0 Å². The topological polar surface area (TPSA) is 46.6 Å². The smallest absolute Gasteiger partial charge is 0.238 e. The van der Waals surface area contributed by atoms with Gasteiger partial charge in [0.1, 0.15) is 5.76 Å². The Morgan fingerprint density at radius 3 is 2.38 bits per heavy atom. The van der Waals surface area contributed by atoms with Crippen molar-refractivity contribution in [2.24, 2.45) is 23.7 Å². The Labute approximate surface area is 141 Å². The molecule has 2 amide bonds. The van der Waals surface area contributed by atoms with Crippen LogP contribution in [0, 0.1) is 23.7 Å². The highest BCUT2D eigenvalue weighted by Crippen LogP contribution is 2.47. The molecular formula is C20H19NO3. The Balaban J connectivity index is 1.78. The van der Waals surface area contributed by atoms with Crippen LogP contribution in [-0.2, 0) is 14.3 Å². The van der Waals surface area contributed by atoms with E-state index in [1.165, 1.54) is 4.90 Å². The van der Waals surface area contributed by atoms with Crippen molar-refractivity contribution in [3.05, 3.63) is 66.0 Å². The number of allylic oxidation sites excluding steroid dienone is 5. The molecule has 0 aromatic heterocycles. The molecule has 2 aliphatic carbocycles. The van der Waals surface area contributed by atoms with Crippen LogP contribution in [0.4, 0.5) is 5.69 Å². The summed E-state index contributed by atoms with van der Waals surface area (Å²) in [6.07, 6.45) is 7.99. The molecule has 4 rings (SSSR count). The van der Waals surface area contributed by atoms with E-state index in [4.69, 9.17) is 4.74 Å². The van der Waals surface area contributed by atoms with Gasteiger partial charge in [-0.3, -0.25) is 14.5 Å². The predicted octanol–water partition coefficient (Wildman–Crippen LogP) is 3.08. The van der Waals surface area contributed by atoms with E-state index in [0.29, 0.717) is 5.69 Å². The second kappa shape index (κ2) is 5.48. The van der Waals surface area contributed by atoms with Gasteiger partial charge in [0.2, 0.25) is 11.8 Å². The molecular weight excluding hydrogens is 302 g/mol. The molecule has 4 nitrogen and oxygen atoms in total. The van der Waals surface area contributed by atoms with Crippen LogP contribution in [0.1, 0.15) is 6.92 Å². The van der Waals surface area contributed by atoms with Gasteiger partial charge >= 0.3 is 0 Å². The van der Waals surface area contributed by atoms with E-state index in [0.717, 1.165) is 11.3 Å². The summed E-state index contributed by atoms with van der Waals surface area (Å²) in [7, 11) is 1.62. The number of para-hydroxylation sites is 1. The van der Waals surface area contributed by atoms with E-state index < -0.39 is 0 Å². The Hall–Kier alpha value is -2.62. The number of nitrogens with zero attached hydrogens (tertiary/aromatic N) is 1. The van der Waals surface area contributed by atoms with Crippen molar-refractivity contribution in [3.8, 4) is 0 Å². The number of imide groups is 1. The van der Waals surface area contributed by atoms with Gasteiger partial charge in [0.15, 0.2) is 0 Å². The zero-order chi connectivity index (χ0) is 16.8. The first-order chi connectivity index (χ1) is 11.6. The molecule has 1 aromatic carbocycles. The molecule has 122 valence electrons. The number of ether oxygens (including phenoxy) is 1. The third kappa shape index (κ3) is 2.06. The maximum Gasteiger partial charge on any atom is 0.238 e. The molecule has 4 atom stereocenters.